The van der Waals surface area contributed by atoms with Gasteiger partial charge in [0.25, 0.3) is 0 Å². The maximum atomic E-state index is 12.5. The molecule has 0 aliphatic carbocycles. The number of nitrogens with zero attached hydrogens (tertiary/aromatic N) is 1. The first-order valence-electron chi connectivity index (χ1n) is 6.86. The summed E-state index contributed by atoms with van der Waals surface area (Å²) in [6, 6.07) is 7.47. The van der Waals surface area contributed by atoms with Crippen LogP contribution in [0.1, 0.15) is 20.3 Å². The van der Waals surface area contributed by atoms with Gasteiger partial charge in [0, 0.05) is 16.5 Å². The minimum absolute atomic E-state index is 0.0317. The third-order valence-electron chi connectivity index (χ3n) is 3.83. The van der Waals surface area contributed by atoms with Crippen molar-refractivity contribution in [2.45, 2.75) is 36.5 Å². The largest absolute Gasteiger partial charge is 0.394 e. The Balaban J connectivity index is 2.00. The van der Waals surface area contributed by atoms with E-state index in [1.807, 2.05) is 36.1 Å². The maximum absolute atomic E-state index is 12.5. The maximum Gasteiger partial charge on any atom is 0.236 e. The van der Waals surface area contributed by atoms with Crippen molar-refractivity contribution in [2.75, 3.05) is 13.2 Å². The Morgan fingerprint density at radius 3 is 2.75 bits per heavy atom. The summed E-state index contributed by atoms with van der Waals surface area (Å²) in [4.78, 5) is 15.4. The third-order valence-corrected chi connectivity index (χ3v) is 5.18. The Labute approximate surface area is 129 Å². The molecule has 5 heteroatoms. The van der Waals surface area contributed by atoms with Crippen LogP contribution in [0, 0.1) is 5.92 Å². The summed E-state index contributed by atoms with van der Waals surface area (Å²) in [5, 5.41) is 9.98. The van der Waals surface area contributed by atoms with Gasteiger partial charge in [-0.25, -0.2) is 0 Å². The standard InChI is InChI=1S/C15H20ClNO2S/c1-10-7-8-17(14(10)9-18)15(19)11(2)20-13-5-3-12(16)4-6-13/h3-6,10-11,14,18H,7-9H2,1-2H3. The van der Waals surface area contributed by atoms with Gasteiger partial charge in [-0.1, -0.05) is 18.5 Å². The average Bonchev–Trinajstić information content (AvgIpc) is 2.81. The van der Waals surface area contributed by atoms with E-state index in [9.17, 15) is 9.90 Å². The normalized spacial score (nSPS) is 23.9. The highest BCUT2D eigenvalue weighted by molar-refractivity contribution is 8.00. The second-order valence-corrected chi connectivity index (χ2v) is 7.11. The molecule has 2 rings (SSSR count). The van der Waals surface area contributed by atoms with Crippen LogP contribution in [-0.2, 0) is 4.79 Å². The third kappa shape index (κ3) is 3.48. The quantitative estimate of drug-likeness (QED) is 0.869. The summed E-state index contributed by atoms with van der Waals surface area (Å²) in [6.07, 6.45) is 0.968. The molecule has 0 saturated carbocycles. The van der Waals surface area contributed by atoms with Crippen molar-refractivity contribution in [3.63, 3.8) is 0 Å². The lowest BCUT2D eigenvalue weighted by Gasteiger charge is -2.27. The minimum atomic E-state index is -0.157. The SMILES string of the molecule is CC(Sc1ccc(Cl)cc1)C(=O)N1CCC(C)C1CO. The van der Waals surface area contributed by atoms with Gasteiger partial charge >= 0.3 is 0 Å². The fourth-order valence-corrected chi connectivity index (χ4v) is 3.63. The predicted octanol–water partition coefficient (Wildman–Crippen LogP) is 3.05. The van der Waals surface area contributed by atoms with Gasteiger partial charge in [0.15, 0.2) is 0 Å². The second-order valence-electron chi connectivity index (χ2n) is 5.26. The van der Waals surface area contributed by atoms with E-state index in [0.29, 0.717) is 10.9 Å². The van der Waals surface area contributed by atoms with Gasteiger partial charge < -0.3 is 10.0 Å². The van der Waals surface area contributed by atoms with Crippen molar-refractivity contribution < 1.29 is 9.90 Å². The molecule has 1 aliphatic heterocycles. The zero-order valence-corrected chi connectivity index (χ0v) is 13.3. The number of benzene rings is 1. The fourth-order valence-electron chi connectivity index (χ4n) is 2.56. The van der Waals surface area contributed by atoms with Crippen molar-refractivity contribution in [1.29, 1.82) is 0 Å². The van der Waals surface area contributed by atoms with E-state index in [1.54, 1.807) is 0 Å². The summed E-state index contributed by atoms with van der Waals surface area (Å²) in [6.45, 7) is 4.80. The molecule has 3 unspecified atom stereocenters. The molecule has 1 aromatic rings. The number of amides is 1. The van der Waals surface area contributed by atoms with E-state index in [2.05, 4.69) is 6.92 Å². The molecule has 1 saturated heterocycles. The lowest BCUT2D eigenvalue weighted by molar-refractivity contribution is -0.132. The van der Waals surface area contributed by atoms with E-state index >= 15 is 0 Å². The Morgan fingerprint density at radius 2 is 2.15 bits per heavy atom. The van der Waals surface area contributed by atoms with Crippen LogP contribution in [-0.4, -0.2) is 40.4 Å². The Hall–Kier alpha value is -0.710. The summed E-state index contributed by atoms with van der Waals surface area (Å²) in [7, 11) is 0. The lowest BCUT2D eigenvalue weighted by Crippen LogP contribution is -2.43. The number of aliphatic hydroxyl groups excluding tert-OH is 1. The first-order valence-corrected chi connectivity index (χ1v) is 8.12. The highest BCUT2D eigenvalue weighted by Gasteiger charge is 2.35. The minimum Gasteiger partial charge on any atom is -0.394 e. The molecular weight excluding hydrogens is 294 g/mol. The van der Waals surface area contributed by atoms with Gasteiger partial charge in [0.1, 0.15) is 0 Å². The molecule has 0 bridgehead atoms. The van der Waals surface area contributed by atoms with Gasteiger partial charge in [-0.15, -0.1) is 11.8 Å². The Kier molecular flexibility index (Phi) is 5.35. The first-order chi connectivity index (χ1) is 9.52. The second kappa shape index (κ2) is 6.83. The molecule has 3 atom stereocenters. The molecule has 1 aliphatic rings. The van der Waals surface area contributed by atoms with Crippen LogP contribution >= 0.6 is 23.4 Å². The predicted molar refractivity (Wildman–Crippen MR) is 83.1 cm³/mol. The number of halogens is 1. The molecule has 20 heavy (non-hydrogen) atoms. The van der Waals surface area contributed by atoms with E-state index in [4.69, 9.17) is 11.6 Å². The van der Waals surface area contributed by atoms with Crippen LogP contribution in [0.4, 0.5) is 0 Å². The van der Waals surface area contributed by atoms with Crippen molar-refractivity contribution in [3.8, 4) is 0 Å². The molecule has 1 amide bonds. The fraction of sp³-hybridized carbons (Fsp3) is 0.533. The number of carbonyl (C=O) groups is 1. The highest BCUT2D eigenvalue weighted by Crippen LogP contribution is 2.30. The molecule has 3 nitrogen and oxygen atoms in total. The zero-order chi connectivity index (χ0) is 14.7. The molecule has 1 aromatic carbocycles. The van der Waals surface area contributed by atoms with Crippen LogP contribution in [0.5, 0.6) is 0 Å². The Bertz CT molecular complexity index is 465. The van der Waals surface area contributed by atoms with E-state index in [0.717, 1.165) is 17.9 Å². The summed E-state index contributed by atoms with van der Waals surface area (Å²) in [5.41, 5.74) is 0. The topological polar surface area (TPSA) is 40.5 Å². The molecule has 0 aromatic heterocycles. The molecule has 110 valence electrons. The number of hydrogen-bond donors (Lipinski definition) is 1. The van der Waals surface area contributed by atoms with Gasteiger partial charge in [0.2, 0.25) is 5.91 Å². The smallest absolute Gasteiger partial charge is 0.236 e. The van der Waals surface area contributed by atoms with E-state index < -0.39 is 0 Å². The molecule has 1 fully saturated rings. The van der Waals surface area contributed by atoms with Crippen molar-refractivity contribution in [3.05, 3.63) is 29.3 Å². The van der Waals surface area contributed by atoms with Gasteiger partial charge in [-0.2, -0.15) is 0 Å². The molecule has 0 spiro atoms. The zero-order valence-electron chi connectivity index (χ0n) is 11.8. The van der Waals surface area contributed by atoms with Crippen molar-refractivity contribution in [2.24, 2.45) is 5.92 Å². The van der Waals surface area contributed by atoms with Crippen LogP contribution < -0.4 is 0 Å². The Morgan fingerprint density at radius 1 is 1.50 bits per heavy atom. The van der Waals surface area contributed by atoms with Gasteiger partial charge in [-0.3, -0.25) is 4.79 Å². The molecular formula is C15H20ClNO2S. The molecule has 0 radical (unpaired) electrons. The summed E-state index contributed by atoms with van der Waals surface area (Å²) in [5.74, 6) is 0.477. The summed E-state index contributed by atoms with van der Waals surface area (Å²) < 4.78 is 0. The number of aliphatic hydroxyl groups is 1. The monoisotopic (exact) mass is 313 g/mol. The molecule has 1 heterocycles. The molecule has 1 N–H and O–H groups in total. The number of carbonyl (C=O) groups excluding carboxylic acids is 1. The number of hydrogen-bond acceptors (Lipinski definition) is 3. The van der Waals surface area contributed by atoms with E-state index in [1.165, 1.54) is 11.8 Å². The van der Waals surface area contributed by atoms with E-state index in [-0.39, 0.29) is 23.8 Å². The average molecular weight is 314 g/mol. The lowest BCUT2D eigenvalue weighted by atomic mass is 10.0. The van der Waals surface area contributed by atoms with Gasteiger partial charge in [0.05, 0.1) is 17.9 Å². The number of thioether (sulfide) groups is 1. The van der Waals surface area contributed by atoms with Gasteiger partial charge in [-0.05, 0) is 43.5 Å². The van der Waals surface area contributed by atoms with Crippen molar-refractivity contribution in [1.82, 2.24) is 4.90 Å². The van der Waals surface area contributed by atoms with Crippen molar-refractivity contribution >= 4 is 29.3 Å². The number of rotatable bonds is 4. The van der Waals surface area contributed by atoms with Crippen LogP contribution in [0.15, 0.2) is 29.2 Å². The first kappa shape index (κ1) is 15.7. The van der Waals surface area contributed by atoms with Crippen LogP contribution in [0.3, 0.4) is 0 Å². The number of likely N-dealkylation sites (tertiary alicyclic amines) is 1. The van der Waals surface area contributed by atoms with Crippen LogP contribution in [0.25, 0.3) is 0 Å². The summed E-state index contributed by atoms with van der Waals surface area (Å²) >= 11 is 7.39. The highest BCUT2D eigenvalue weighted by atomic mass is 35.5. The van der Waals surface area contributed by atoms with Crippen LogP contribution in [0.2, 0.25) is 5.02 Å².